The molecule has 3 rings (SSSR count). The van der Waals surface area contributed by atoms with Crippen LogP contribution in [-0.2, 0) is 5.75 Å². The van der Waals surface area contributed by atoms with Crippen LogP contribution in [-0.4, -0.2) is 20.4 Å². The molecular formula is C12H9ClN4OS2. The molecule has 0 saturated heterocycles. The van der Waals surface area contributed by atoms with Gasteiger partial charge < -0.3 is 4.42 Å². The van der Waals surface area contributed by atoms with E-state index in [-0.39, 0.29) is 0 Å². The van der Waals surface area contributed by atoms with E-state index in [0.717, 1.165) is 14.9 Å². The largest absolute Gasteiger partial charge is 0.420 e. The molecule has 20 heavy (non-hydrogen) atoms. The number of nitrogens with zero attached hydrogens (tertiary/aromatic N) is 4. The molecule has 2 aromatic heterocycles. The van der Waals surface area contributed by atoms with Crippen molar-refractivity contribution in [2.24, 2.45) is 0 Å². The van der Waals surface area contributed by atoms with Crippen LogP contribution in [0.2, 0.25) is 5.02 Å². The minimum absolute atomic E-state index is 0.430. The van der Waals surface area contributed by atoms with Crippen molar-refractivity contribution in [3.05, 3.63) is 40.2 Å². The average molecular weight is 325 g/mol. The van der Waals surface area contributed by atoms with Gasteiger partial charge in [0.25, 0.3) is 0 Å². The molecule has 0 radical (unpaired) electrons. The summed E-state index contributed by atoms with van der Waals surface area (Å²) in [5.74, 6) is 1.53. The van der Waals surface area contributed by atoms with Gasteiger partial charge in [-0.1, -0.05) is 46.8 Å². The maximum absolute atomic E-state index is 6.09. The topological polar surface area (TPSA) is 64.7 Å². The Kier molecular flexibility index (Phi) is 4.00. The first kappa shape index (κ1) is 13.5. The molecule has 0 spiro atoms. The summed E-state index contributed by atoms with van der Waals surface area (Å²) in [6.45, 7) is 1.92. The molecule has 0 N–H and O–H groups in total. The lowest BCUT2D eigenvalue weighted by Crippen LogP contribution is -1.80. The molecule has 0 amide bonds. The van der Waals surface area contributed by atoms with Crippen LogP contribution >= 0.6 is 34.7 Å². The predicted octanol–water partition coefficient (Wildman–Crippen LogP) is 3.84. The molecule has 0 aliphatic heterocycles. The minimum Gasteiger partial charge on any atom is -0.420 e. The highest BCUT2D eigenvalue weighted by Gasteiger charge is 2.12. The van der Waals surface area contributed by atoms with E-state index in [4.69, 9.17) is 16.0 Å². The fourth-order valence-electron chi connectivity index (χ4n) is 1.52. The van der Waals surface area contributed by atoms with Crippen LogP contribution < -0.4 is 0 Å². The van der Waals surface area contributed by atoms with E-state index in [2.05, 4.69) is 20.4 Å². The molecule has 0 saturated carbocycles. The van der Waals surface area contributed by atoms with E-state index in [0.29, 0.717) is 22.6 Å². The zero-order valence-corrected chi connectivity index (χ0v) is 12.8. The number of hydrogen-bond donors (Lipinski definition) is 0. The summed E-state index contributed by atoms with van der Waals surface area (Å²) in [7, 11) is 0. The van der Waals surface area contributed by atoms with Crippen LogP contribution in [0.3, 0.4) is 0 Å². The molecule has 8 heteroatoms. The molecule has 5 nitrogen and oxygen atoms in total. The van der Waals surface area contributed by atoms with E-state index in [1.54, 1.807) is 17.4 Å². The Labute approximate surface area is 128 Å². The smallest absolute Gasteiger partial charge is 0.249 e. The third-order valence-corrected chi connectivity index (χ3v) is 4.68. The molecule has 102 valence electrons. The van der Waals surface area contributed by atoms with Gasteiger partial charge in [0.05, 0.1) is 16.3 Å². The van der Waals surface area contributed by atoms with Crippen molar-refractivity contribution in [2.75, 3.05) is 0 Å². The first-order valence-corrected chi connectivity index (χ1v) is 7.90. The molecule has 0 bridgehead atoms. The van der Waals surface area contributed by atoms with E-state index in [1.807, 2.05) is 25.1 Å². The second-order valence-corrected chi connectivity index (χ2v) is 6.67. The Morgan fingerprint density at radius 3 is 2.80 bits per heavy atom. The lowest BCUT2D eigenvalue weighted by atomic mass is 10.2. The van der Waals surface area contributed by atoms with Crippen LogP contribution in [0.25, 0.3) is 11.5 Å². The lowest BCUT2D eigenvalue weighted by Gasteiger charge is -1.96. The van der Waals surface area contributed by atoms with E-state index < -0.39 is 0 Å². The van der Waals surface area contributed by atoms with Gasteiger partial charge in [0.2, 0.25) is 11.8 Å². The molecular weight excluding hydrogens is 316 g/mol. The summed E-state index contributed by atoms with van der Waals surface area (Å²) in [5.41, 5.74) is 0.740. The van der Waals surface area contributed by atoms with Gasteiger partial charge in [-0.3, -0.25) is 0 Å². The first-order chi connectivity index (χ1) is 9.72. The Morgan fingerprint density at radius 1 is 1.20 bits per heavy atom. The number of benzene rings is 1. The highest BCUT2D eigenvalue weighted by molar-refractivity contribution is 8.00. The van der Waals surface area contributed by atoms with Crippen LogP contribution in [0.1, 0.15) is 10.9 Å². The Bertz CT molecular complexity index is 728. The van der Waals surface area contributed by atoms with Crippen LogP contribution in [0.4, 0.5) is 0 Å². The van der Waals surface area contributed by atoms with Gasteiger partial charge in [0, 0.05) is 0 Å². The van der Waals surface area contributed by atoms with Crippen molar-refractivity contribution in [1.82, 2.24) is 20.4 Å². The van der Waals surface area contributed by atoms with Crippen LogP contribution in [0, 0.1) is 6.92 Å². The number of aryl methyl sites for hydroxylation is 1. The second-order valence-electron chi connectivity index (χ2n) is 3.86. The fraction of sp³-hybridized carbons (Fsp3) is 0.167. The summed E-state index contributed by atoms with van der Waals surface area (Å²) in [5, 5.41) is 17.6. The molecule has 0 aliphatic rings. The normalized spacial score (nSPS) is 10.9. The van der Waals surface area contributed by atoms with Gasteiger partial charge in [-0.05, 0) is 19.1 Å². The van der Waals surface area contributed by atoms with Crippen molar-refractivity contribution in [2.45, 2.75) is 17.0 Å². The van der Waals surface area contributed by atoms with E-state index in [9.17, 15) is 0 Å². The Morgan fingerprint density at radius 2 is 2.05 bits per heavy atom. The quantitative estimate of drug-likeness (QED) is 0.679. The van der Waals surface area contributed by atoms with Gasteiger partial charge in [-0.2, -0.15) is 0 Å². The summed E-state index contributed by atoms with van der Waals surface area (Å²) in [6, 6.07) is 7.38. The number of halogens is 1. The number of hydrogen-bond acceptors (Lipinski definition) is 7. The molecule has 0 unspecified atom stereocenters. The van der Waals surface area contributed by atoms with E-state index >= 15 is 0 Å². The van der Waals surface area contributed by atoms with Gasteiger partial charge in [-0.15, -0.1) is 20.4 Å². The second kappa shape index (κ2) is 5.90. The molecule has 1 aromatic carbocycles. The first-order valence-electron chi connectivity index (χ1n) is 5.72. The molecule has 2 heterocycles. The van der Waals surface area contributed by atoms with Crippen molar-refractivity contribution >= 4 is 34.7 Å². The highest BCUT2D eigenvalue weighted by atomic mass is 35.5. The monoisotopic (exact) mass is 324 g/mol. The minimum atomic E-state index is 0.430. The third kappa shape index (κ3) is 3.00. The van der Waals surface area contributed by atoms with Crippen molar-refractivity contribution < 1.29 is 4.42 Å². The summed E-state index contributed by atoms with van der Waals surface area (Å²) in [6.07, 6.45) is 0. The van der Waals surface area contributed by atoms with Gasteiger partial charge in [0.1, 0.15) is 5.01 Å². The standard InChI is InChI=1S/C12H9ClN4OS2/c1-7-14-17-12(20-7)19-6-10-15-16-11(18-10)8-4-2-3-5-9(8)13/h2-5H,6H2,1H3. The van der Waals surface area contributed by atoms with E-state index in [1.165, 1.54) is 11.8 Å². The average Bonchev–Trinajstić information content (AvgIpc) is 3.06. The van der Waals surface area contributed by atoms with Crippen molar-refractivity contribution in [1.29, 1.82) is 0 Å². The van der Waals surface area contributed by atoms with Gasteiger partial charge in [-0.25, -0.2) is 0 Å². The number of rotatable bonds is 4. The maximum atomic E-state index is 6.09. The van der Waals surface area contributed by atoms with Crippen molar-refractivity contribution in [3.8, 4) is 11.5 Å². The van der Waals surface area contributed by atoms with Gasteiger partial charge in [0.15, 0.2) is 4.34 Å². The van der Waals surface area contributed by atoms with Gasteiger partial charge >= 0.3 is 0 Å². The molecule has 0 aliphatic carbocycles. The summed E-state index contributed by atoms with van der Waals surface area (Å²) < 4.78 is 6.50. The van der Waals surface area contributed by atoms with Crippen LogP contribution in [0.15, 0.2) is 33.0 Å². The Hall–Kier alpha value is -1.44. The zero-order chi connectivity index (χ0) is 13.9. The molecule has 0 fully saturated rings. The molecule has 0 atom stereocenters. The predicted molar refractivity (Wildman–Crippen MR) is 79.0 cm³/mol. The third-order valence-electron chi connectivity index (χ3n) is 2.40. The number of aromatic nitrogens is 4. The lowest BCUT2D eigenvalue weighted by molar-refractivity contribution is 0.528. The highest BCUT2D eigenvalue weighted by Crippen LogP contribution is 2.29. The van der Waals surface area contributed by atoms with Crippen LogP contribution in [0.5, 0.6) is 0 Å². The fourth-order valence-corrected chi connectivity index (χ4v) is 3.38. The summed E-state index contributed by atoms with van der Waals surface area (Å²) >= 11 is 9.16. The number of thioether (sulfide) groups is 1. The maximum Gasteiger partial charge on any atom is 0.249 e. The molecule has 3 aromatic rings. The Balaban J connectivity index is 1.72. The summed E-state index contributed by atoms with van der Waals surface area (Å²) in [4.78, 5) is 0. The zero-order valence-electron chi connectivity index (χ0n) is 10.4. The van der Waals surface area contributed by atoms with Crippen molar-refractivity contribution in [3.63, 3.8) is 0 Å². The SMILES string of the molecule is Cc1nnc(SCc2nnc(-c3ccccc3Cl)o2)s1.